The maximum absolute atomic E-state index is 6.28. The van der Waals surface area contributed by atoms with Crippen molar-refractivity contribution in [2.75, 3.05) is 13.1 Å². The van der Waals surface area contributed by atoms with Gasteiger partial charge in [0.2, 0.25) is 0 Å². The molecular weight excluding hydrogens is 208 g/mol. The lowest BCUT2D eigenvalue weighted by Crippen LogP contribution is -2.53. The van der Waals surface area contributed by atoms with Gasteiger partial charge < -0.3 is 5.73 Å². The van der Waals surface area contributed by atoms with E-state index in [0.29, 0.717) is 6.04 Å². The van der Waals surface area contributed by atoms with Gasteiger partial charge in [0, 0.05) is 18.6 Å². The van der Waals surface area contributed by atoms with Crippen molar-refractivity contribution in [1.82, 2.24) is 4.90 Å². The van der Waals surface area contributed by atoms with Crippen molar-refractivity contribution in [3.8, 4) is 0 Å². The molecule has 17 heavy (non-hydrogen) atoms. The summed E-state index contributed by atoms with van der Waals surface area (Å²) in [5.41, 5.74) is 7.95. The van der Waals surface area contributed by atoms with Gasteiger partial charge in [0.1, 0.15) is 0 Å². The SMILES string of the molecule is CC(c1ccccc1)N1CCC(C)(C)C(N)C1. The quantitative estimate of drug-likeness (QED) is 0.849. The summed E-state index contributed by atoms with van der Waals surface area (Å²) in [7, 11) is 0. The Hall–Kier alpha value is -0.860. The Morgan fingerprint density at radius 3 is 2.53 bits per heavy atom. The van der Waals surface area contributed by atoms with E-state index >= 15 is 0 Å². The molecule has 0 aliphatic carbocycles. The minimum Gasteiger partial charge on any atom is -0.326 e. The van der Waals surface area contributed by atoms with Gasteiger partial charge in [0.05, 0.1) is 0 Å². The zero-order chi connectivity index (χ0) is 12.5. The molecule has 0 aromatic heterocycles. The van der Waals surface area contributed by atoms with E-state index in [1.165, 1.54) is 12.0 Å². The fraction of sp³-hybridized carbons (Fsp3) is 0.600. The number of nitrogens with two attached hydrogens (primary N) is 1. The molecule has 1 aromatic rings. The Morgan fingerprint density at radius 2 is 1.94 bits per heavy atom. The number of hydrogen-bond donors (Lipinski definition) is 1. The first kappa shape index (κ1) is 12.6. The monoisotopic (exact) mass is 232 g/mol. The van der Waals surface area contributed by atoms with E-state index in [1.807, 2.05) is 0 Å². The second kappa shape index (κ2) is 4.79. The van der Waals surface area contributed by atoms with Gasteiger partial charge in [0.15, 0.2) is 0 Å². The summed E-state index contributed by atoms with van der Waals surface area (Å²) in [6.45, 7) is 8.99. The lowest BCUT2D eigenvalue weighted by Gasteiger charge is -2.44. The molecule has 2 N–H and O–H groups in total. The molecule has 2 heteroatoms. The van der Waals surface area contributed by atoms with Gasteiger partial charge in [-0.15, -0.1) is 0 Å². The van der Waals surface area contributed by atoms with Crippen LogP contribution in [-0.4, -0.2) is 24.0 Å². The van der Waals surface area contributed by atoms with E-state index in [1.54, 1.807) is 0 Å². The van der Waals surface area contributed by atoms with E-state index in [2.05, 4.69) is 56.0 Å². The second-order valence-electron chi connectivity index (χ2n) is 5.93. The van der Waals surface area contributed by atoms with Crippen molar-refractivity contribution in [3.63, 3.8) is 0 Å². The van der Waals surface area contributed by atoms with Gasteiger partial charge in [-0.2, -0.15) is 0 Å². The van der Waals surface area contributed by atoms with Crippen molar-refractivity contribution in [2.24, 2.45) is 11.1 Å². The lowest BCUT2D eigenvalue weighted by molar-refractivity contribution is 0.0781. The summed E-state index contributed by atoms with van der Waals surface area (Å²) in [6.07, 6.45) is 1.19. The van der Waals surface area contributed by atoms with Crippen molar-refractivity contribution in [1.29, 1.82) is 0 Å². The molecule has 1 fully saturated rings. The van der Waals surface area contributed by atoms with Crippen LogP contribution in [0.4, 0.5) is 0 Å². The number of benzene rings is 1. The van der Waals surface area contributed by atoms with Crippen LogP contribution < -0.4 is 5.73 Å². The highest BCUT2D eigenvalue weighted by Gasteiger charge is 2.34. The number of rotatable bonds is 2. The summed E-state index contributed by atoms with van der Waals surface area (Å²) < 4.78 is 0. The Labute approximate surface area is 105 Å². The number of piperidine rings is 1. The first-order valence-corrected chi connectivity index (χ1v) is 6.55. The molecule has 1 aliphatic heterocycles. The number of likely N-dealkylation sites (tertiary alicyclic amines) is 1. The van der Waals surface area contributed by atoms with Crippen LogP contribution in [0.15, 0.2) is 30.3 Å². The van der Waals surface area contributed by atoms with Gasteiger partial charge in [-0.3, -0.25) is 4.90 Å². The normalized spacial score (nSPS) is 26.7. The predicted octanol–water partition coefficient (Wildman–Crippen LogP) is 2.81. The largest absolute Gasteiger partial charge is 0.326 e. The third-order valence-corrected chi connectivity index (χ3v) is 4.31. The van der Waals surface area contributed by atoms with Gasteiger partial charge in [0.25, 0.3) is 0 Å². The topological polar surface area (TPSA) is 29.3 Å². The highest BCUT2D eigenvalue weighted by molar-refractivity contribution is 5.18. The van der Waals surface area contributed by atoms with Crippen molar-refractivity contribution < 1.29 is 0 Å². The molecule has 1 aliphatic rings. The molecule has 0 radical (unpaired) electrons. The van der Waals surface area contributed by atoms with Crippen LogP contribution in [0.3, 0.4) is 0 Å². The molecule has 0 bridgehead atoms. The van der Waals surface area contributed by atoms with Crippen molar-refractivity contribution in [3.05, 3.63) is 35.9 Å². The smallest absolute Gasteiger partial charge is 0.0320 e. The molecule has 94 valence electrons. The third-order valence-electron chi connectivity index (χ3n) is 4.31. The van der Waals surface area contributed by atoms with Crippen molar-refractivity contribution in [2.45, 2.75) is 39.3 Å². The Balaban J connectivity index is 2.05. The van der Waals surface area contributed by atoms with E-state index in [-0.39, 0.29) is 11.5 Å². The minimum atomic E-state index is 0.280. The minimum absolute atomic E-state index is 0.280. The summed E-state index contributed by atoms with van der Waals surface area (Å²) in [6, 6.07) is 11.5. The Kier molecular flexibility index (Phi) is 3.55. The maximum Gasteiger partial charge on any atom is 0.0320 e. The van der Waals surface area contributed by atoms with Crippen LogP contribution in [-0.2, 0) is 0 Å². The maximum atomic E-state index is 6.28. The molecule has 0 saturated carbocycles. The summed E-state index contributed by atoms with van der Waals surface area (Å²) in [4.78, 5) is 2.51. The fourth-order valence-corrected chi connectivity index (χ4v) is 2.50. The second-order valence-corrected chi connectivity index (χ2v) is 5.93. The number of hydrogen-bond acceptors (Lipinski definition) is 2. The molecule has 2 nitrogen and oxygen atoms in total. The lowest BCUT2D eigenvalue weighted by atomic mass is 9.78. The first-order valence-electron chi connectivity index (χ1n) is 6.55. The molecule has 2 unspecified atom stereocenters. The van der Waals surface area contributed by atoms with E-state index in [9.17, 15) is 0 Å². The van der Waals surface area contributed by atoms with Gasteiger partial charge in [-0.05, 0) is 30.9 Å². The van der Waals surface area contributed by atoms with Crippen LogP contribution in [0.25, 0.3) is 0 Å². The molecule has 0 amide bonds. The van der Waals surface area contributed by atoms with Crippen LogP contribution in [0, 0.1) is 5.41 Å². The molecule has 2 rings (SSSR count). The van der Waals surface area contributed by atoms with E-state index < -0.39 is 0 Å². The van der Waals surface area contributed by atoms with Crippen LogP contribution in [0.2, 0.25) is 0 Å². The standard InChI is InChI=1S/C15H24N2/c1-12(13-7-5-4-6-8-13)17-10-9-15(2,3)14(16)11-17/h4-8,12,14H,9-11,16H2,1-3H3. The van der Waals surface area contributed by atoms with Crippen molar-refractivity contribution >= 4 is 0 Å². The van der Waals surface area contributed by atoms with Gasteiger partial charge in [-0.25, -0.2) is 0 Å². The van der Waals surface area contributed by atoms with Gasteiger partial charge in [-0.1, -0.05) is 44.2 Å². The van der Waals surface area contributed by atoms with E-state index in [0.717, 1.165) is 13.1 Å². The first-order chi connectivity index (χ1) is 8.00. The Bertz CT molecular complexity index is 358. The summed E-state index contributed by atoms with van der Waals surface area (Å²) in [5, 5.41) is 0. The van der Waals surface area contributed by atoms with Crippen LogP contribution >= 0.6 is 0 Å². The Morgan fingerprint density at radius 1 is 1.29 bits per heavy atom. The average molecular weight is 232 g/mol. The molecule has 0 spiro atoms. The molecular formula is C15H24N2. The third kappa shape index (κ3) is 2.70. The zero-order valence-corrected chi connectivity index (χ0v) is 11.2. The van der Waals surface area contributed by atoms with E-state index in [4.69, 9.17) is 5.73 Å². The van der Waals surface area contributed by atoms with Crippen LogP contribution in [0.1, 0.15) is 38.8 Å². The van der Waals surface area contributed by atoms with Gasteiger partial charge >= 0.3 is 0 Å². The number of nitrogens with zero attached hydrogens (tertiary/aromatic N) is 1. The fourth-order valence-electron chi connectivity index (χ4n) is 2.50. The zero-order valence-electron chi connectivity index (χ0n) is 11.2. The summed E-state index contributed by atoms with van der Waals surface area (Å²) in [5.74, 6) is 0. The summed E-state index contributed by atoms with van der Waals surface area (Å²) >= 11 is 0. The highest BCUT2D eigenvalue weighted by atomic mass is 15.2. The predicted molar refractivity (Wildman–Crippen MR) is 72.8 cm³/mol. The molecule has 1 aromatic carbocycles. The molecule has 2 atom stereocenters. The highest BCUT2D eigenvalue weighted by Crippen LogP contribution is 2.32. The molecule has 1 saturated heterocycles. The average Bonchev–Trinajstić information content (AvgIpc) is 2.33. The van der Waals surface area contributed by atoms with Crippen LogP contribution in [0.5, 0.6) is 0 Å². The molecule has 1 heterocycles.